The fourth-order valence-corrected chi connectivity index (χ4v) is 7.63. The van der Waals surface area contributed by atoms with Crippen LogP contribution in [0.5, 0.6) is 0 Å². The van der Waals surface area contributed by atoms with Gasteiger partial charge in [0.25, 0.3) is 5.91 Å². The van der Waals surface area contributed by atoms with Crippen molar-refractivity contribution in [2.24, 2.45) is 4.99 Å². The number of aromatic nitrogens is 1. The lowest BCUT2D eigenvalue weighted by molar-refractivity contribution is 0.0380. The highest BCUT2D eigenvalue weighted by Crippen LogP contribution is 2.48. The second-order valence-electron chi connectivity index (χ2n) is 9.73. The van der Waals surface area contributed by atoms with E-state index in [1.54, 1.807) is 45.9 Å². The van der Waals surface area contributed by atoms with E-state index in [2.05, 4.69) is 20.6 Å². The van der Waals surface area contributed by atoms with E-state index in [0.29, 0.717) is 10.7 Å². The van der Waals surface area contributed by atoms with Gasteiger partial charge in [-0.15, -0.1) is 11.3 Å². The van der Waals surface area contributed by atoms with Crippen molar-refractivity contribution in [1.29, 1.82) is 0 Å². The minimum absolute atomic E-state index is 0.106. The number of amides is 2. The summed E-state index contributed by atoms with van der Waals surface area (Å²) >= 11 is 7.63. The molecule has 2 aromatic heterocycles. The average molecular weight is 570 g/mol. The van der Waals surface area contributed by atoms with Crippen molar-refractivity contribution in [2.75, 3.05) is 25.6 Å². The summed E-state index contributed by atoms with van der Waals surface area (Å²) in [5.41, 5.74) is -1.55. The van der Waals surface area contributed by atoms with Crippen molar-refractivity contribution in [3.63, 3.8) is 0 Å². The van der Waals surface area contributed by atoms with Gasteiger partial charge in [-0.25, -0.2) is 27.5 Å². The standard InChI is InChI=1S/C23H28ClN5O6S2/c1-13-7-6-8-17(25-13)26-19(30)15-11-14(24)18(36-15)23-12-34-10-9-16(23)37(32,33)29(5)20(28-23)27-21(31)35-22(2,3)4/h6-8,11,16H,9-10,12H2,1-5H3,(H,25,26,30)(H,27,28,31)/t16?,23-/m0/s1. The Hall–Kier alpha value is -2.74. The lowest BCUT2D eigenvalue weighted by Gasteiger charge is -2.45. The predicted octanol–water partition coefficient (Wildman–Crippen LogP) is 3.50. The molecule has 2 atom stereocenters. The number of carbonyl (C=O) groups excluding carboxylic acids is 2. The predicted molar refractivity (Wildman–Crippen MR) is 141 cm³/mol. The molecule has 4 heterocycles. The first-order valence-electron chi connectivity index (χ1n) is 11.4. The van der Waals surface area contributed by atoms with Crippen LogP contribution in [0, 0.1) is 6.92 Å². The van der Waals surface area contributed by atoms with Crippen molar-refractivity contribution in [3.8, 4) is 0 Å². The molecule has 0 aromatic carbocycles. The number of carbonyl (C=O) groups is 2. The van der Waals surface area contributed by atoms with E-state index in [-0.39, 0.29) is 35.5 Å². The minimum Gasteiger partial charge on any atom is -0.444 e. The van der Waals surface area contributed by atoms with Gasteiger partial charge in [-0.3, -0.25) is 10.1 Å². The maximum absolute atomic E-state index is 13.6. The molecule has 0 saturated carbocycles. The van der Waals surface area contributed by atoms with Gasteiger partial charge in [0.15, 0.2) is 0 Å². The van der Waals surface area contributed by atoms with Crippen LogP contribution >= 0.6 is 22.9 Å². The van der Waals surface area contributed by atoms with Crippen LogP contribution in [-0.2, 0) is 25.0 Å². The zero-order chi connectivity index (χ0) is 27.2. The van der Waals surface area contributed by atoms with Crippen LogP contribution in [0.2, 0.25) is 5.02 Å². The Morgan fingerprint density at radius 3 is 2.70 bits per heavy atom. The molecule has 2 aliphatic rings. The molecule has 4 rings (SSSR count). The second-order valence-corrected chi connectivity index (χ2v) is 13.3. The summed E-state index contributed by atoms with van der Waals surface area (Å²) in [4.78, 5) is 35.0. The number of nitrogens with one attached hydrogen (secondary N) is 2. The monoisotopic (exact) mass is 569 g/mol. The van der Waals surface area contributed by atoms with Crippen LogP contribution in [0.15, 0.2) is 29.3 Å². The van der Waals surface area contributed by atoms with Crippen molar-refractivity contribution < 1.29 is 27.5 Å². The number of nitrogens with zero attached hydrogens (tertiary/aromatic N) is 3. The molecular formula is C23H28ClN5O6S2. The number of hydrogen-bond acceptors (Lipinski definition) is 9. The molecule has 0 bridgehead atoms. The molecule has 0 radical (unpaired) electrons. The Bertz CT molecular complexity index is 1370. The third-order valence-electron chi connectivity index (χ3n) is 5.77. The Kier molecular flexibility index (Phi) is 7.27. The van der Waals surface area contributed by atoms with Crippen molar-refractivity contribution in [1.82, 2.24) is 14.6 Å². The first-order chi connectivity index (χ1) is 17.2. The van der Waals surface area contributed by atoms with Gasteiger partial charge in [-0.2, -0.15) is 0 Å². The fourth-order valence-electron chi connectivity index (χ4n) is 4.15. The smallest absolute Gasteiger partial charge is 0.414 e. The van der Waals surface area contributed by atoms with Gasteiger partial charge in [0.05, 0.1) is 21.4 Å². The molecule has 1 unspecified atom stereocenters. The summed E-state index contributed by atoms with van der Waals surface area (Å²) in [6.07, 6.45) is -0.708. The van der Waals surface area contributed by atoms with Gasteiger partial charge in [0, 0.05) is 19.3 Å². The molecule has 0 aliphatic carbocycles. The maximum Gasteiger partial charge on any atom is 0.414 e. The van der Waals surface area contributed by atoms with Crippen LogP contribution in [0.25, 0.3) is 0 Å². The van der Waals surface area contributed by atoms with Gasteiger partial charge < -0.3 is 14.8 Å². The molecule has 11 nitrogen and oxygen atoms in total. The highest BCUT2D eigenvalue weighted by molar-refractivity contribution is 7.90. The third kappa shape index (κ3) is 5.44. The van der Waals surface area contributed by atoms with E-state index in [4.69, 9.17) is 21.1 Å². The number of anilines is 1. The van der Waals surface area contributed by atoms with Crippen molar-refractivity contribution in [3.05, 3.63) is 44.7 Å². The van der Waals surface area contributed by atoms with Gasteiger partial charge in [0.2, 0.25) is 16.0 Å². The van der Waals surface area contributed by atoms with E-state index in [9.17, 15) is 18.0 Å². The Morgan fingerprint density at radius 1 is 1.30 bits per heavy atom. The molecule has 200 valence electrons. The minimum atomic E-state index is -4.00. The first kappa shape index (κ1) is 27.3. The lowest BCUT2D eigenvalue weighted by atomic mass is 9.90. The molecule has 2 N–H and O–H groups in total. The highest BCUT2D eigenvalue weighted by atomic mass is 35.5. The first-order valence-corrected chi connectivity index (χ1v) is 14.1. The van der Waals surface area contributed by atoms with E-state index < -0.39 is 38.4 Å². The number of thiophene rings is 1. The quantitative estimate of drug-likeness (QED) is 0.576. The normalized spacial score (nSPS) is 23.0. The molecule has 1 fully saturated rings. The second kappa shape index (κ2) is 9.86. The number of pyridine rings is 1. The zero-order valence-corrected chi connectivity index (χ0v) is 23.4. The van der Waals surface area contributed by atoms with Gasteiger partial charge in [-0.05, 0) is 52.3 Å². The zero-order valence-electron chi connectivity index (χ0n) is 21.0. The molecule has 2 aliphatic heterocycles. The molecule has 1 saturated heterocycles. The number of sulfonamides is 1. The Balaban J connectivity index is 1.75. The van der Waals surface area contributed by atoms with Gasteiger partial charge in [0.1, 0.15) is 22.2 Å². The summed E-state index contributed by atoms with van der Waals surface area (Å²) in [5, 5.41) is 4.33. The number of ether oxygens (including phenoxy) is 2. The largest absolute Gasteiger partial charge is 0.444 e. The van der Waals surface area contributed by atoms with Gasteiger partial charge in [-0.1, -0.05) is 17.7 Å². The van der Waals surface area contributed by atoms with E-state index in [0.717, 1.165) is 21.3 Å². The van der Waals surface area contributed by atoms with Crippen molar-refractivity contribution >= 4 is 56.7 Å². The summed E-state index contributed by atoms with van der Waals surface area (Å²) < 4.78 is 39.1. The SMILES string of the molecule is Cc1cccc(NC(=O)c2cc(Cl)c([C@]34COCCC3S(=O)(=O)N(C)C(NC(=O)OC(C)(C)C)=N4)s2)n1. The Morgan fingerprint density at radius 2 is 2.03 bits per heavy atom. The van der Waals surface area contributed by atoms with Crippen LogP contribution < -0.4 is 10.6 Å². The maximum atomic E-state index is 13.6. The number of aryl methyl sites for hydroxylation is 1. The number of hydrogen-bond donors (Lipinski definition) is 2. The fraction of sp³-hybridized carbons (Fsp3) is 0.478. The van der Waals surface area contributed by atoms with Crippen LogP contribution in [-0.4, -0.2) is 66.8 Å². The molecule has 14 heteroatoms. The molecular weight excluding hydrogens is 542 g/mol. The highest BCUT2D eigenvalue weighted by Gasteiger charge is 2.57. The lowest BCUT2D eigenvalue weighted by Crippen LogP contribution is -2.62. The summed E-state index contributed by atoms with van der Waals surface area (Å²) in [7, 11) is -2.68. The number of halogens is 1. The number of rotatable bonds is 3. The Labute approximate surface area is 224 Å². The van der Waals surface area contributed by atoms with Gasteiger partial charge >= 0.3 is 6.09 Å². The van der Waals surface area contributed by atoms with E-state index >= 15 is 0 Å². The van der Waals surface area contributed by atoms with Crippen LogP contribution in [0.4, 0.5) is 10.6 Å². The van der Waals surface area contributed by atoms with Crippen molar-refractivity contribution in [2.45, 2.75) is 50.5 Å². The summed E-state index contributed by atoms with van der Waals surface area (Å²) in [5.74, 6) is -0.305. The summed E-state index contributed by atoms with van der Waals surface area (Å²) in [6.45, 7) is 6.97. The molecule has 2 amide bonds. The van der Waals surface area contributed by atoms with E-state index in [1.165, 1.54) is 13.1 Å². The molecule has 37 heavy (non-hydrogen) atoms. The third-order valence-corrected chi connectivity index (χ3v) is 9.76. The number of fused-ring (bicyclic) bond motifs is 1. The molecule has 2 aromatic rings. The summed E-state index contributed by atoms with van der Waals surface area (Å²) in [6, 6.07) is 6.70. The average Bonchev–Trinajstić information content (AvgIpc) is 3.19. The van der Waals surface area contributed by atoms with Crippen LogP contribution in [0.3, 0.4) is 0 Å². The number of aliphatic imine (C=N–C) groups is 1. The van der Waals surface area contributed by atoms with Crippen LogP contribution in [0.1, 0.15) is 47.4 Å². The number of guanidine groups is 1. The van der Waals surface area contributed by atoms with E-state index in [1.807, 2.05) is 0 Å². The topological polar surface area (TPSA) is 139 Å². The molecule has 0 spiro atoms. The number of alkyl carbamates (subject to hydrolysis) is 1.